The van der Waals surface area contributed by atoms with Gasteiger partial charge >= 0.3 is 0 Å². The first-order valence-corrected chi connectivity index (χ1v) is 7.37. The number of nitrogens with zero attached hydrogens (tertiary/aromatic N) is 2. The topological polar surface area (TPSA) is 60.4 Å². The van der Waals surface area contributed by atoms with E-state index in [1.807, 2.05) is 66.7 Å². The quantitative estimate of drug-likeness (QED) is 0.585. The molecule has 0 unspecified atom stereocenters. The SMILES string of the molecule is Cl.NC(=Nc1ccccc1)c1cccn(Cc2ccccc2)c1=O. The molecule has 1 aromatic heterocycles. The minimum Gasteiger partial charge on any atom is -0.383 e. The Labute approximate surface area is 146 Å². The normalized spacial score (nSPS) is 10.9. The Hall–Kier alpha value is -2.85. The largest absolute Gasteiger partial charge is 0.383 e. The van der Waals surface area contributed by atoms with Gasteiger partial charge < -0.3 is 10.3 Å². The molecule has 2 N–H and O–H groups in total. The summed E-state index contributed by atoms with van der Waals surface area (Å²) in [5, 5.41) is 0. The highest BCUT2D eigenvalue weighted by Gasteiger charge is 2.07. The summed E-state index contributed by atoms with van der Waals surface area (Å²) in [6.07, 6.45) is 1.76. The number of para-hydroxylation sites is 1. The molecule has 1 heterocycles. The van der Waals surface area contributed by atoms with Gasteiger partial charge in [-0.15, -0.1) is 12.4 Å². The smallest absolute Gasteiger partial charge is 0.261 e. The Balaban J connectivity index is 0.00000208. The Bertz CT molecular complexity index is 874. The number of nitrogens with two attached hydrogens (primary N) is 1. The highest BCUT2D eigenvalue weighted by molar-refractivity contribution is 5.98. The van der Waals surface area contributed by atoms with Crippen LogP contribution < -0.4 is 11.3 Å². The number of pyridine rings is 1. The van der Waals surface area contributed by atoms with Crippen molar-refractivity contribution in [2.24, 2.45) is 10.7 Å². The molecule has 0 saturated heterocycles. The number of amidine groups is 1. The van der Waals surface area contributed by atoms with Crippen molar-refractivity contribution in [3.8, 4) is 0 Å². The molecule has 5 heteroatoms. The van der Waals surface area contributed by atoms with Gasteiger partial charge in [0.15, 0.2) is 0 Å². The highest BCUT2D eigenvalue weighted by Crippen LogP contribution is 2.10. The summed E-state index contributed by atoms with van der Waals surface area (Å²) in [5.74, 6) is 0.226. The van der Waals surface area contributed by atoms with Crippen molar-refractivity contribution >= 4 is 23.9 Å². The van der Waals surface area contributed by atoms with Gasteiger partial charge in [0.05, 0.1) is 17.8 Å². The van der Waals surface area contributed by atoms with E-state index < -0.39 is 0 Å². The van der Waals surface area contributed by atoms with Crippen LogP contribution in [0.4, 0.5) is 5.69 Å². The van der Waals surface area contributed by atoms with Crippen LogP contribution in [0, 0.1) is 0 Å². The van der Waals surface area contributed by atoms with Gasteiger partial charge in [-0.1, -0.05) is 48.5 Å². The van der Waals surface area contributed by atoms with E-state index in [2.05, 4.69) is 4.99 Å². The second kappa shape index (κ2) is 8.13. The van der Waals surface area contributed by atoms with Gasteiger partial charge in [-0.3, -0.25) is 4.79 Å². The molecule has 0 aliphatic carbocycles. The average Bonchev–Trinajstić information content (AvgIpc) is 2.58. The fourth-order valence-electron chi connectivity index (χ4n) is 2.34. The fraction of sp³-hybridized carbons (Fsp3) is 0.0526. The summed E-state index contributed by atoms with van der Waals surface area (Å²) < 4.78 is 1.64. The standard InChI is InChI=1S/C19H17N3O.ClH/c20-18(21-16-10-5-2-6-11-16)17-12-7-13-22(19(17)23)14-15-8-3-1-4-9-15;/h1-13H,14H2,(H2,20,21);1H. The van der Waals surface area contributed by atoms with Crippen LogP contribution in [0.25, 0.3) is 0 Å². The molecule has 0 fully saturated rings. The molecule has 0 spiro atoms. The molecule has 0 aliphatic rings. The van der Waals surface area contributed by atoms with Crippen LogP contribution in [-0.2, 0) is 6.54 Å². The summed E-state index contributed by atoms with van der Waals surface area (Å²) in [7, 11) is 0. The Kier molecular flexibility index (Phi) is 5.93. The van der Waals surface area contributed by atoms with Crippen LogP contribution in [0.15, 0.2) is 88.8 Å². The van der Waals surface area contributed by atoms with Gasteiger partial charge in [-0.05, 0) is 29.8 Å². The molecular formula is C19H18ClN3O. The Morgan fingerprint density at radius 3 is 2.21 bits per heavy atom. The maximum atomic E-state index is 12.6. The van der Waals surface area contributed by atoms with Gasteiger partial charge in [0.2, 0.25) is 0 Å². The van der Waals surface area contributed by atoms with Crippen LogP contribution in [-0.4, -0.2) is 10.4 Å². The molecule has 0 bridgehead atoms. The predicted molar refractivity (Wildman–Crippen MR) is 100 cm³/mol. The Morgan fingerprint density at radius 1 is 0.917 bits per heavy atom. The number of benzene rings is 2. The molecule has 3 rings (SSSR count). The lowest BCUT2D eigenvalue weighted by atomic mass is 10.2. The molecule has 2 aromatic carbocycles. The third-order valence-corrected chi connectivity index (χ3v) is 3.50. The Morgan fingerprint density at radius 2 is 1.54 bits per heavy atom. The minimum atomic E-state index is -0.145. The lowest BCUT2D eigenvalue weighted by molar-refractivity contribution is 0.757. The molecule has 0 amide bonds. The molecule has 3 aromatic rings. The van der Waals surface area contributed by atoms with Crippen LogP contribution in [0.1, 0.15) is 11.1 Å². The van der Waals surface area contributed by atoms with Crippen LogP contribution in [0.3, 0.4) is 0 Å². The number of halogens is 1. The number of aromatic nitrogens is 1. The average molecular weight is 340 g/mol. The van der Waals surface area contributed by atoms with Gasteiger partial charge in [-0.25, -0.2) is 4.99 Å². The van der Waals surface area contributed by atoms with Crippen molar-refractivity contribution in [3.05, 3.63) is 100 Å². The van der Waals surface area contributed by atoms with Gasteiger partial charge in [0, 0.05) is 6.20 Å². The van der Waals surface area contributed by atoms with E-state index in [-0.39, 0.29) is 23.8 Å². The van der Waals surface area contributed by atoms with E-state index in [0.29, 0.717) is 12.1 Å². The maximum absolute atomic E-state index is 12.6. The summed E-state index contributed by atoms with van der Waals surface area (Å²) in [6, 6.07) is 22.7. The second-order valence-corrected chi connectivity index (χ2v) is 5.17. The van der Waals surface area contributed by atoms with Gasteiger partial charge in [0.25, 0.3) is 5.56 Å². The van der Waals surface area contributed by atoms with E-state index in [1.165, 1.54) is 0 Å². The summed E-state index contributed by atoms with van der Waals surface area (Å²) in [5.41, 5.74) is 8.08. The van der Waals surface area contributed by atoms with Gasteiger partial charge in [0.1, 0.15) is 5.84 Å². The number of rotatable bonds is 4. The third kappa shape index (κ3) is 4.12. The van der Waals surface area contributed by atoms with Crippen molar-refractivity contribution in [1.82, 2.24) is 4.57 Å². The molecule has 122 valence electrons. The predicted octanol–water partition coefficient (Wildman–Crippen LogP) is 3.36. The first-order chi connectivity index (χ1) is 11.2. The fourth-order valence-corrected chi connectivity index (χ4v) is 2.34. The summed E-state index contributed by atoms with van der Waals surface area (Å²) >= 11 is 0. The zero-order valence-electron chi connectivity index (χ0n) is 13.0. The van der Waals surface area contributed by atoms with Crippen molar-refractivity contribution in [1.29, 1.82) is 0 Å². The molecule has 4 nitrogen and oxygen atoms in total. The zero-order valence-corrected chi connectivity index (χ0v) is 13.8. The van der Waals surface area contributed by atoms with E-state index in [9.17, 15) is 4.79 Å². The molecule has 0 saturated carbocycles. The first kappa shape index (κ1) is 17.5. The number of hydrogen-bond donors (Lipinski definition) is 1. The van der Waals surface area contributed by atoms with E-state index >= 15 is 0 Å². The van der Waals surface area contributed by atoms with Crippen LogP contribution in [0.5, 0.6) is 0 Å². The van der Waals surface area contributed by atoms with E-state index in [1.54, 1.807) is 16.8 Å². The van der Waals surface area contributed by atoms with Crippen molar-refractivity contribution in [2.75, 3.05) is 0 Å². The van der Waals surface area contributed by atoms with E-state index in [0.717, 1.165) is 11.3 Å². The van der Waals surface area contributed by atoms with Crippen LogP contribution >= 0.6 is 12.4 Å². The summed E-state index contributed by atoms with van der Waals surface area (Å²) in [4.78, 5) is 16.9. The number of aliphatic imine (C=N–C) groups is 1. The highest BCUT2D eigenvalue weighted by atomic mass is 35.5. The van der Waals surface area contributed by atoms with Gasteiger partial charge in [-0.2, -0.15) is 0 Å². The monoisotopic (exact) mass is 339 g/mol. The van der Waals surface area contributed by atoms with E-state index in [4.69, 9.17) is 5.73 Å². The maximum Gasteiger partial charge on any atom is 0.261 e. The molecule has 0 atom stereocenters. The van der Waals surface area contributed by atoms with Crippen molar-refractivity contribution < 1.29 is 0 Å². The molecular weight excluding hydrogens is 322 g/mol. The van der Waals surface area contributed by atoms with Crippen molar-refractivity contribution in [2.45, 2.75) is 6.54 Å². The summed E-state index contributed by atoms with van der Waals surface area (Å²) in [6.45, 7) is 0.506. The lowest BCUT2D eigenvalue weighted by Gasteiger charge is -2.08. The molecule has 0 radical (unpaired) electrons. The lowest BCUT2D eigenvalue weighted by Crippen LogP contribution is -2.29. The number of hydrogen-bond acceptors (Lipinski definition) is 2. The third-order valence-electron chi connectivity index (χ3n) is 3.50. The minimum absolute atomic E-state index is 0. The molecule has 0 aliphatic heterocycles. The zero-order chi connectivity index (χ0) is 16.1. The van der Waals surface area contributed by atoms with Crippen molar-refractivity contribution in [3.63, 3.8) is 0 Å². The second-order valence-electron chi connectivity index (χ2n) is 5.17. The van der Waals surface area contributed by atoms with Crippen LogP contribution in [0.2, 0.25) is 0 Å². The molecule has 24 heavy (non-hydrogen) atoms. The first-order valence-electron chi connectivity index (χ1n) is 7.37.